The Morgan fingerprint density at radius 2 is 1.66 bits per heavy atom. The lowest BCUT2D eigenvalue weighted by Crippen LogP contribution is -2.15. The highest BCUT2D eigenvalue weighted by molar-refractivity contribution is 7.92. The molecule has 0 aliphatic rings. The van der Waals surface area contributed by atoms with Gasteiger partial charge in [-0.05, 0) is 54.1 Å². The third kappa shape index (κ3) is 5.77. The van der Waals surface area contributed by atoms with E-state index >= 15 is 0 Å². The number of hydrogen-bond donors (Lipinski definition) is 2. The van der Waals surface area contributed by atoms with Gasteiger partial charge >= 0.3 is 0 Å². The topological polar surface area (TPSA) is 101 Å². The van der Waals surface area contributed by atoms with Crippen LogP contribution in [0.3, 0.4) is 0 Å². The molecule has 0 saturated carbocycles. The van der Waals surface area contributed by atoms with E-state index in [0.717, 1.165) is 0 Å². The lowest BCUT2D eigenvalue weighted by Gasteiger charge is -2.07. The molecule has 148 valence electrons. The summed E-state index contributed by atoms with van der Waals surface area (Å²) in [7, 11) is -3.84. The molecule has 0 radical (unpaired) electrons. The van der Waals surface area contributed by atoms with Crippen molar-refractivity contribution in [3.8, 4) is 0 Å². The molecule has 1 amide bonds. The molecule has 0 aliphatic heterocycles. The van der Waals surface area contributed by atoms with Crippen LogP contribution in [0.5, 0.6) is 0 Å². The van der Waals surface area contributed by atoms with Crippen molar-refractivity contribution in [1.29, 1.82) is 0 Å². The zero-order valence-corrected chi connectivity index (χ0v) is 17.0. The summed E-state index contributed by atoms with van der Waals surface area (Å²) in [5.41, 5.74) is 1.15. The Morgan fingerprint density at radius 1 is 0.966 bits per heavy atom. The van der Waals surface area contributed by atoms with Crippen LogP contribution in [0.4, 0.5) is 11.6 Å². The molecule has 0 fully saturated rings. The standard InChI is InChI=1S/C19H14Cl2N4O3S/c20-16-8-2-13(12-17(16)21)3-9-18(26)24-14-4-6-15(7-5-14)29(27,28)25-19-22-10-1-11-23-19/h1-12H,(H,24,26)(H,22,23,25). The first-order valence-corrected chi connectivity index (χ1v) is 10.4. The second-order valence-corrected chi connectivity index (χ2v) is 8.20. The molecular formula is C19H14Cl2N4O3S. The number of rotatable bonds is 6. The fourth-order valence-electron chi connectivity index (χ4n) is 2.22. The van der Waals surface area contributed by atoms with Crippen molar-refractivity contribution in [1.82, 2.24) is 9.97 Å². The predicted molar refractivity (Wildman–Crippen MR) is 113 cm³/mol. The van der Waals surface area contributed by atoms with Crippen molar-refractivity contribution in [2.75, 3.05) is 10.0 Å². The molecule has 0 bridgehead atoms. The van der Waals surface area contributed by atoms with E-state index in [1.54, 1.807) is 30.3 Å². The first-order valence-electron chi connectivity index (χ1n) is 8.17. The summed E-state index contributed by atoms with van der Waals surface area (Å²) in [5, 5.41) is 3.46. The summed E-state index contributed by atoms with van der Waals surface area (Å²) in [4.78, 5) is 19.7. The van der Waals surface area contributed by atoms with Gasteiger partial charge in [-0.1, -0.05) is 29.3 Å². The Balaban J connectivity index is 1.64. The summed E-state index contributed by atoms with van der Waals surface area (Å²) in [6, 6.07) is 12.3. The molecular weight excluding hydrogens is 435 g/mol. The maximum absolute atomic E-state index is 12.3. The molecule has 7 nitrogen and oxygen atoms in total. The summed E-state index contributed by atoms with van der Waals surface area (Å²) < 4.78 is 26.9. The van der Waals surface area contributed by atoms with Gasteiger partial charge in [0.05, 0.1) is 14.9 Å². The molecule has 3 aromatic rings. The molecule has 1 heterocycles. The highest BCUT2D eigenvalue weighted by atomic mass is 35.5. The van der Waals surface area contributed by atoms with Crippen molar-refractivity contribution in [2.24, 2.45) is 0 Å². The number of hydrogen-bond acceptors (Lipinski definition) is 5. The molecule has 2 N–H and O–H groups in total. The van der Waals surface area contributed by atoms with Crippen LogP contribution in [0.1, 0.15) is 5.56 Å². The summed E-state index contributed by atoms with van der Waals surface area (Å²) in [6.45, 7) is 0. The van der Waals surface area contributed by atoms with Gasteiger partial charge in [0, 0.05) is 24.2 Å². The van der Waals surface area contributed by atoms with Crippen LogP contribution in [-0.4, -0.2) is 24.3 Å². The number of amides is 1. The molecule has 10 heteroatoms. The van der Waals surface area contributed by atoms with Crippen LogP contribution in [0.25, 0.3) is 6.08 Å². The minimum atomic E-state index is -3.84. The van der Waals surface area contributed by atoms with Gasteiger partial charge in [-0.25, -0.2) is 23.1 Å². The average Bonchev–Trinajstić information content (AvgIpc) is 2.70. The van der Waals surface area contributed by atoms with E-state index in [2.05, 4.69) is 20.0 Å². The number of carbonyl (C=O) groups is 1. The van der Waals surface area contributed by atoms with Crippen LogP contribution in [0.2, 0.25) is 10.0 Å². The van der Waals surface area contributed by atoms with Crippen LogP contribution in [0.15, 0.2) is 71.9 Å². The van der Waals surface area contributed by atoms with Crippen molar-refractivity contribution in [3.05, 3.63) is 82.6 Å². The number of carbonyl (C=O) groups excluding carboxylic acids is 1. The highest BCUT2D eigenvalue weighted by Gasteiger charge is 2.15. The summed E-state index contributed by atoms with van der Waals surface area (Å²) in [5.74, 6) is -0.417. The normalized spacial score (nSPS) is 11.4. The Labute approximate surface area is 177 Å². The number of nitrogens with zero attached hydrogens (tertiary/aromatic N) is 2. The van der Waals surface area contributed by atoms with E-state index in [4.69, 9.17) is 23.2 Å². The third-order valence-corrected chi connectivity index (χ3v) is 5.68. The predicted octanol–water partition coefficient (Wildman–Crippen LogP) is 4.24. The van der Waals surface area contributed by atoms with E-state index in [1.807, 2.05) is 0 Å². The number of anilines is 2. The van der Waals surface area contributed by atoms with Crippen LogP contribution in [-0.2, 0) is 14.8 Å². The first-order chi connectivity index (χ1) is 13.8. The molecule has 2 aromatic carbocycles. The van der Waals surface area contributed by atoms with E-state index in [1.165, 1.54) is 42.7 Å². The van der Waals surface area contributed by atoms with Gasteiger partial charge in [-0.3, -0.25) is 4.79 Å². The van der Waals surface area contributed by atoms with Crippen LogP contribution >= 0.6 is 23.2 Å². The molecule has 0 spiro atoms. The molecule has 0 saturated heterocycles. The van der Waals surface area contributed by atoms with Crippen LogP contribution in [0, 0.1) is 0 Å². The number of aromatic nitrogens is 2. The second-order valence-electron chi connectivity index (χ2n) is 5.70. The van der Waals surface area contributed by atoms with Crippen molar-refractivity contribution in [2.45, 2.75) is 4.90 Å². The maximum atomic E-state index is 12.3. The first kappa shape index (κ1) is 20.8. The van der Waals surface area contributed by atoms with E-state index in [-0.39, 0.29) is 16.8 Å². The lowest BCUT2D eigenvalue weighted by molar-refractivity contribution is -0.111. The van der Waals surface area contributed by atoms with Crippen molar-refractivity contribution < 1.29 is 13.2 Å². The van der Waals surface area contributed by atoms with Gasteiger partial charge in [0.25, 0.3) is 10.0 Å². The van der Waals surface area contributed by atoms with Gasteiger partial charge < -0.3 is 5.32 Å². The minimum absolute atomic E-state index is 0.00861. The number of sulfonamides is 1. The second kappa shape index (κ2) is 9.04. The Bertz CT molecular complexity index is 1150. The van der Waals surface area contributed by atoms with E-state index < -0.39 is 10.0 Å². The van der Waals surface area contributed by atoms with Gasteiger partial charge in [0.15, 0.2) is 0 Å². The van der Waals surface area contributed by atoms with Crippen molar-refractivity contribution in [3.63, 3.8) is 0 Å². The number of halogens is 2. The fraction of sp³-hybridized carbons (Fsp3) is 0. The Hall–Kier alpha value is -2.94. The Morgan fingerprint density at radius 3 is 2.31 bits per heavy atom. The van der Waals surface area contributed by atoms with Gasteiger partial charge in [-0.2, -0.15) is 0 Å². The maximum Gasteiger partial charge on any atom is 0.264 e. The van der Waals surface area contributed by atoms with Crippen molar-refractivity contribution >= 4 is 56.8 Å². The smallest absolute Gasteiger partial charge is 0.264 e. The molecule has 0 atom stereocenters. The fourth-order valence-corrected chi connectivity index (χ4v) is 3.48. The van der Waals surface area contributed by atoms with Gasteiger partial charge in [0.1, 0.15) is 0 Å². The third-order valence-electron chi connectivity index (χ3n) is 3.59. The monoisotopic (exact) mass is 448 g/mol. The molecule has 3 rings (SSSR count). The Kier molecular flexibility index (Phi) is 6.48. The average molecular weight is 449 g/mol. The zero-order chi connectivity index (χ0) is 20.9. The molecule has 1 aromatic heterocycles. The van der Waals surface area contributed by atoms with E-state index in [0.29, 0.717) is 21.3 Å². The number of benzene rings is 2. The van der Waals surface area contributed by atoms with Crippen LogP contribution < -0.4 is 10.0 Å². The lowest BCUT2D eigenvalue weighted by atomic mass is 10.2. The molecule has 0 unspecified atom stereocenters. The van der Waals surface area contributed by atoms with Gasteiger partial charge in [0.2, 0.25) is 11.9 Å². The zero-order valence-electron chi connectivity index (χ0n) is 14.7. The molecule has 0 aliphatic carbocycles. The quantitative estimate of drug-likeness (QED) is 0.549. The molecule has 29 heavy (non-hydrogen) atoms. The largest absolute Gasteiger partial charge is 0.323 e. The highest BCUT2D eigenvalue weighted by Crippen LogP contribution is 2.23. The number of nitrogens with one attached hydrogen (secondary N) is 2. The van der Waals surface area contributed by atoms with Gasteiger partial charge in [-0.15, -0.1) is 0 Å². The SMILES string of the molecule is O=C(C=Cc1ccc(Cl)c(Cl)c1)Nc1ccc(S(=O)(=O)Nc2ncccn2)cc1. The minimum Gasteiger partial charge on any atom is -0.323 e. The summed E-state index contributed by atoms with van der Waals surface area (Å²) in [6.07, 6.45) is 5.77. The summed E-state index contributed by atoms with van der Waals surface area (Å²) >= 11 is 11.8. The van der Waals surface area contributed by atoms with E-state index in [9.17, 15) is 13.2 Å².